The second kappa shape index (κ2) is 5.67. The van der Waals surface area contributed by atoms with Gasteiger partial charge in [0.05, 0.1) is 6.10 Å². The number of benzene rings is 2. The molecule has 17 heavy (non-hydrogen) atoms. The zero-order valence-electron chi connectivity index (χ0n) is 9.11. The first-order valence-corrected chi connectivity index (χ1v) is 6.51. The molecule has 0 aliphatic rings. The molecule has 0 amide bonds. The normalized spacial score (nSPS) is 12.4. The van der Waals surface area contributed by atoms with Crippen molar-refractivity contribution in [2.75, 3.05) is 0 Å². The summed E-state index contributed by atoms with van der Waals surface area (Å²) < 4.78 is 0.841. The number of hydrogen-bond donors (Lipinski definition) is 1. The number of hydrogen-bond acceptors (Lipinski definition) is 1. The van der Waals surface area contributed by atoms with E-state index in [-0.39, 0.29) is 0 Å². The van der Waals surface area contributed by atoms with Gasteiger partial charge in [-0.3, -0.25) is 0 Å². The second-order valence-electron chi connectivity index (χ2n) is 3.87. The van der Waals surface area contributed by atoms with Crippen molar-refractivity contribution in [1.82, 2.24) is 0 Å². The van der Waals surface area contributed by atoms with Gasteiger partial charge in [-0.2, -0.15) is 0 Å². The smallest absolute Gasteiger partial charge is 0.0841 e. The molecule has 1 nitrogen and oxygen atoms in total. The molecule has 2 rings (SSSR count). The van der Waals surface area contributed by atoms with Crippen molar-refractivity contribution in [3.8, 4) is 0 Å². The van der Waals surface area contributed by atoms with Gasteiger partial charge < -0.3 is 5.11 Å². The largest absolute Gasteiger partial charge is 0.388 e. The van der Waals surface area contributed by atoms with Crippen molar-refractivity contribution in [2.24, 2.45) is 0 Å². The van der Waals surface area contributed by atoms with Crippen LogP contribution in [-0.4, -0.2) is 5.11 Å². The van der Waals surface area contributed by atoms with Crippen molar-refractivity contribution >= 4 is 27.5 Å². The highest BCUT2D eigenvalue weighted by Crippen LogP contribution is 2.28. The molecule has 0 aromatic heterocycles. The molecule has 1 atom stereocenters. The summed E-state index contributed by atoms with van der Waals surface area (Å²) in [6.45, 7) is 0. The summed E-state index contributed by atoms with van der Waals surface area (Å²) in [6, 6.07) is 15.4. The van der Waals surface area contributed by atoms with E-state index in [4.69, 9.17) is 11.6 Å². The molecule has 1 unspecified atom stereocenters. The van der Waals surface area contributed by atoms with Gasteiger partial charge in [0.2, 0.25) is 0 Å². The maximum absolute atomic E-state index is 10.2. The van der Waals surface area contributed by atoms with Crippen LogP contribution in [0.3, 0.4) is 0 Å². The molecule has 0 saturated heterocycles. The molecule has 3 heteroatoms. The van der Waals surface area contributed by atoms with Crippen LogP contribution >= 0.6 is 27.5 Å². The van der Waals surface area contributed by atoms with Gasteiger partial charge in [-0.1, -0.05) is 63.9 Å². The van der Waals surface area contributed by atoms with Gasteiger partial charge in [-0.15, -0.1) is 0 Å². The van der Waals surface area contributed by atoms with Crippen LogP contribution in [-0.2, 0) is 6.42 Å². The van der Waals surface area contributed by atoms with E-state index in [0.29, 0.717) is 11.4 Å². The van der Waals surface area contributed by atoms with Crippen molar-refractivity contribution in [2.45, 2.75) is 12.5 Å². The zero-order chi connectivity index (χ0) is 12.3. The maximum atomic E-state index is 10.2. The Labute approximate surface area is 114 Å². The molecule has 0 aliphatic carbocycles. The predicted octanol–water partition coefficient (Wildman–Crippen LogP) is 4.38. The molecule has 2 aromatic carbocycles. The van der Waals surface area contributed by atoms with Crippen LogP contribution in [0.1, 0.15) is 17.2 Å². The lowest BCUT2D eigenvalue weighted by atomic mass is 10.0. The highest BCUT2D eigenvalue weighted by molar-refractivity contribution is 9.10. The molecule has 0 radical (unpaired) electrons. The molecule has 0 heterocycles. The van der Waals surface area contributed by atoms with Crippen LogP contribution in [0.25, 0.3) is 0 Å². The Morgan fingerprint density at radius 1 is 1.12 bits per heavy atom. The van der Waals surface area contributed by atoms with E-state index in [9.17, 15) is 5.11 Å². The van der Waals surface area contributed by atoms with E-state index in [1.165, 1.54) is 0 Å². The summed E-state index contributed by atoms with van der Waals surface area (Å²) >= 11 is 9.29. The Morgan fingerprint density at radius 3 is 2.47 bits per heavy atom. The third-order valence-corrected chi connectivity index (χ3v) is 3.52. The first-order chi connectivity index (χ1) is 8.16. The first kappa shape index (κ1) is 12.6. The van der Waals surface area contributed by atoms with Gasteiger partial charge in [0.1, 0.15) is 0 Å². The van der Waals surface area contributed by atoms with E-state index in [1.807, 2.05) is 36.4 Å². The Bertz CT molecular complexity index is 499. The Balaban J connectivity index is 2.17. The topological polar surface area (TPSA) is 20.2 Å². The van der Waals surface area contributed by atoms with E-state index in [2.05, 4.69) is 15.9 Å². The zero-order valence-corrected chi connectivity index (χ0v) is 11.4. The minimum Gasteiger partial charge on any atom is -0.388 e. The average Bonchev–Trinajstić information content (AvgIpc) is 2.30. The summed E-state index contributed by atoms with van der Waals surface area (Å²) in [5.74, 6) is 0. The van der Waals surface area contributed by atoms with Crippen molar-refractivity contribution < 1.29 is 5.11 Å². The monoisotopic (exact) mass is 310 g/mol. The Morgan fingerprint density at radius 2 is 1.82 bits per heavy atom. The van der Waals surface area contributed by atoms with Gasteiger partial charge in [0.25, 0.3) is 0 Å². The molecule has 0 saturated carbocycles. The molecule has 2 aromatic rings. The number of aliphatic hydroxyl groups excluding tert-OH is 1. The van der Waals surface area contributed by atoms with Crippen LogP contribution in [0.15, 0.2) is 53.0 Å². The summed E-state index contributed by atoms with van der Waals surface area (Å²) in [6.07, 6.45) is 0.0743. The van der Waals surface area contributed by atoms with Crippen LogP contribution in [0, 0.1) is 0 Å². The molecular formula is C14H12BrClO. The minimum atomic E-state index is -0.524. The van der Waals surface area contributed by atoms with Gasteiger partial charge in [0.15, 0.2) is 0 Å². The van der Waals surface area contributed by atoms with Crippen LogP contribution in [0.2, 0.25) is 5.02 Å². The lowest BCUT2D eigenvalue weighted by molar-refractivity contribution is 0.177. The predicted molar refractivity (Wildman–Crippen MR) is 74.3 cm³/mol. The van der Waals surface area contributed by atoms with Gasteiger partial charge in [-0.05, 0) is 23.3 Å². The van der Waals surface area contributed by atoms with Gasteiger partial charge in [0, 0.05) is 15.9 Å². The van der Waals surface area contributed by atoms with Gasteiger partial charge >= 0.3 is 0 Å². The van der Waals surface area contributed by atoms with Crippen LogP contribution in [0.4, 0.5) is 0 Å². The lowest BCUT2D eigenvalue weighted by Crippen LogP contribution is -2.02. The summed E-state index contributed by atoms with van der Waals surface area (Å²) in [7, 11) is 0. The molecular weight excluding hydrogens is 300 g/mol. The highest BCUT2D eigenvalue weighted by Gasteiger charge is 2.12. The van der Waals surface area contributed by atoms with Crippen molar-refractivity contribution in [3.05, 3.63) is 69.2 Å². The number of aliphatic hydroxyl groups is 1. The lowest BCUT2D eigenvalue weighted by Gasteiger charge is -2.13. The molecule has 0 fully saturated rings. The van der Waals surface area contributed by atoms with Crippen molar-refractivity contribution in [3.63, 3.8) is 0 Å². The van der Waals surface area contributed by atoms with E-state index in [1.54, 1.807) is 12.1 Å². The quantitative estimate of drug-likeness (QED) is 0.892. The average molecular weight is 312 g/mol. The molecule has 0 aliphatic heterocycles. The molecule has 0 bridgehead atoms. The minimum absolute atomic E-state index is 0.524. The third-order valence-electron chi connectivity index (χ3n) is 2.59. The third kappa shape index (κ3) is 3.32. The maximum Gasteiger partial charge on any atom is 0.0841 e. The fourth-order valence-electron chi connectivity index (χ4n) is 1.72. The van der Waals surface area contributed by atoms with E-state index >= 15 is 0 Å². The first-order valence-electron chi connectivity index (χ1n) is 5.34. The Kier molecular flexibility index (Phi) is 4.21. The van der Waals surface area contributed by atoms with Gasteiger partial charge in [-0.25, -0.2) is 0 Å². The number of rotatable bonds is 3. The number of halogens is 2. The summed E-state index contributed by atoms with van der Waals surface area (Å²) in [5.41, 5.74) is 1.97. The van der Waals surface area contributed by atoms with E-state index < -0.39 is 6.10 Å². The van der Waals surface area contributed by atoms with Crippen LogP contribution < -0.4 is 0 Å². The van der Waals surface area contributed by atoms with E-state index in [0.717, 1.165) is 15.6 Å². The fourth-order valence-corrected chi connectivity index (χ4v) is 2.67. The SMILES string of the molecule is OC(Cc1ccccc1)c1ccc(Cl)cc1Br. The standard InChI is InChI=1S/C14H12BrClO/c15-13-9-11(16)6-7-12(13)14(17)8-10-4-2-1-3-5-10/h1-7,9,14,17H,8H2. The van der Waals surface area contributed by atoms with Crippen molar-refractivity contribution in [1.29, 1.82) is 0 Å². The highest BCUT2D eigenvalue weighted by atomic mass is 79.9. The summed E-state index contributed by atoms with van der Waals surface area (Å²) in [5, 5.41) is 10.8. The fraction of sp³-hybridized carbons (Fsp3) is 0.143. The molecule has 88 valence electrons. The molecule has 0 spiro atoms. The molecule has 1 N–H and O–H groups in total. The van der Waals surface area contributed by atoms with Crippen LogP contribution in [0.5, 0.6) is 0 Å². The second-order valence-corrected chi connectivity index (χ2v) is 5.16. The summed E-state index contributed by atoms with van der Waals surface area (Å²) in [4.78, 5) is 0. The Hall–Kier alpha value is -0.830.